The van der Waals surface area contributed by atoms with Crippen molar-refractivity contribution in [3.8, 4) is 6.07 Å². The number of rotatable bonds is 8. The summed E-state index contributed by atoms with van der Waals surface area (Å²) in [7, 11) is 3.74. The van der Waals surface area contributed by atoms with Crippen LogP contribution >= 0.6 is 11.8 Å². The Morgan fingerprint density at radius 2 is 2.12 bits per heavy atom. The highest BCUT2D eigenvalue weighted by Crippen LogP contribution is 2.08. The highest BCUT2D eigenvalue weighted by atomic mass is 32.2. The predicted octanol–water partition coefficient (Wildman–Crippen LogP) is 1.43. The number of amides is 1. The first kappa shape index (κ1) is 16.3. The summed E-state index contributed by atoms with van der Waals surface area (Å²) in [5, 5.41) is 8.47. The third kappa shape index (κ3) is 6.54. The molecule has 0 saturated heterocycles. The van der Waals surface area contributed by atoms with Crippen LogP contribution in [0.3, 0.4) is 0 Å². The Balaban J connectivity index is 4.13. The van der Waals surface area contributed by atoms with E-state index in [9.17, 15) is 4.79 Å². The standard InChI is InChI=1S/C12H23N3OS/c1-5-11(10-17-4)15(3)9-12(16)14(2)8-6-7-13/h11H,5-6,8-10H2,1-4H3. The van der Waals surface area contributed by atoms with Gasteiger partial charge in [0.2, 0.25) is 5.91 Å². The van der Waals surface area contributed by atoms with E-state index in [1.54, 1.807) is 23.7 Å². The van der Waals surface area contributed by atoms with Crippen LogP contribution in [0, 0.1) is 11.3 Å². The zero-order chi connectivity index (χ0) is 13.3. The monoisotopic (exact) mass is 257 g/mol. The van der Waals surface area contributed by atoms with Gasteiger partial charge in [0, 0.05) is 25.4 Å². The molecule has 0 spiro atoms. The van der Waals surface area contributed by atoms with Gasteiger partial charge in [-0.2, -0.15) is 17.0 Å². The summed E-state index contributed by atoms with van der Waals surface area (Å²) >= 11 is 1.80. The molecule has 0 radical (unpaired) electrons. The minimum absolute atomic E-state index is 0.0855. The lowest BCUT2D eigenvalue weighted by atomic mass is 10.2. The molecule has 0 aromatic heterocycles. The molecular weight excluding hydrogens is 234 g/mol. The van der Waals surface area contributed by atoms with E-state index < -0.39 is 0 Å². The van der Waals surface area contributed by atoms with Crippen molar-refractivity contribution < 1.29 is 4.79 Å². The SMILES string of the molecule is CCC(CSC)N(C)CC(=O)N(C)CCC#N. The van der Waals surface area contributed by atoms with Gasteiger partial charge in [0.05, 0.1) is 19.0 Å². The third-order valence-electron chi connectivity index (χ3n) is 2.82. The molecule has 0 aliphatic rings. The highest BCUT2D eigenvalue weighted by molar-refractivity contribution is 7.98. The van der Waals surface area contributed by atoms with Gasteiger partial charge in [0.1, 0.15) is 0 Å². The van der Waals surface area contributed by atoms with Crippen LogP contribution in [0.1, 0.15) is 19.8 Å². The number of likely N-dealkylation sites (N-methyl/N-ethyl adjacent to an activating group) is 2. The van der Waals surface area contributed by atoms with E-state index in [4.69, 9.17) is 5.26 Å². The van der Waals surface area contributed by atoms with Gasteiger partial charge in [-0.1, -0.05) is 6.92 Å². The first-order valence-corrected chi connectivity index (χ1v) is 7.26. The van der Waals surface area contributed by atoms with Gasteiger partial charge >= 0.3 is 0 Å². The molecular formula is C12H23N3OS. The lowest BCUT2D eigenvalue weighted by Gasteiger charge is -2.27. The number of nitriles is 1. The molecule has 98 valence electrons. The molecule has 0 fully saturated rings. The minimum Gasteiger partial charge on any atom is -0.344 e. The van der Waals surface area contributed by atoms with Crippen molar-refractivity contribution in [2.24, 2.45) is 0 Å². The molecule has 5 heteroatoms. The van der Waals surface area contributed by atoms with Crippen LogP contribution in [-0.2, 0) is 4.79 Å². The Bertz CT molecular complexity index is 265. The summed E-state index contributed by atoms with van der Waals surface area (Å²) in [5.41, 5.74) is 0. The average Bonchev–Trinajstić information content (AvgIpc) is 2.32. The van der Waals surface area contributed by atoms with Crippen molar-refractivity contribution in [1.29, 1.82) is 5.26 Å². The summed E-state index contributed by atoms with van der Waals surface area (Å²) in [6, 6.07) is 2.49. The van der Waals surface area contributed by atoms with Crippen molar-refractivity contribution in [3.05, 3.63) is 0 Å². The number of carbonyl (C=O) groups excluding carboxylic acids is 1. The average molecular weight is 257 g/mol. The normalized spacial score (nSPS) is 12.2. The number of nitrogens with zero attached hydrogens (tertiary/aromatic N) is 3. The van der Waals surface area contributed by atoms with E-state index in [1.165, 1.54) is 0 Å². The fourth-order valence-electron chi connectivity index (χ4n) is 1.55. The van der Waals surface area contributed by atoms with Crippen LogP contribution in [0.4, 0.5) is 0 Å². The quantitative estimate of drug-likeness (QED) is 0.660. The summed E-state index contributed by atoms with van der Waals surface area (Å²) in [6.45, 7) is 3.09. The van der Waals surface area contributed by atoms with Gasteiger partial charge in [-0.05, 0) is 19.7 Å². The van der Waals surface area contributed by atoms with Crippen molar-refractivity contribution in [2.45, 2.75) is 25.8 Å². The van der Waals surface area contributed by atoms with Gasteiger partial charge < -0.3 is 4.90 Å². The molecule has 0 N–H and O–H groups in total. The van der Waals surface area contributed by atoms with E-state index in [0.29, 0.717) is 25.6 Å². The van der Waals surface area contributed by atoms with Crippen LogP contribution < -0.4 is 0 Å². The van der Waals surface area contributed by atoms with E-state index in [-0.39, 0.29) is 5.91 Å². The van der Waals surface area contributed by atoms with Gasteiger partial charge in [-0.25, -0.2) is 0 Å². The molecule has 1 atom stereocenters. The zero-order valence-electron chi connectivity index (χ0n) is 11.3. The smallest absolute Gasteiger partial charge is 0.236 e. The maximum Gasteiger partial charge on any atom is 0.236 e. The molecule has 17 heavy (non-hydrogen) atoms. The van der Waals surface area contributed by atoms with E-state index in [0.717, 1.165) is 12.2 Å². The second-order valence-electron chi connectivity index (χ2n) is 4.16. The van der Waals surface area contributed by atoms with Crippen LogP contribution in [0.5, 0.6) is 0 Å². The molecule has 0 aromatic carbocycles. The molecule has 0 rings (SSSR count). The number of thioether (sulfide) groups is 1. The van der Waals surface area contributed by atoms with Crippen molar-refractivity contribution in [3.63, 3.8) is 0 Å². The Morgan fingerprint density at radius 3 is 2.59 bits per heavy atom. The molecule has 0 aliphatic carbocycles. The lowest BCUT2D eigenvalue weighted by molar-refractivity contribution is -0.131. The molecule has 1 unspecified atom stereocenters. The molecule has 0 aliphatic heterocycles. The number of hydrogen-bond donors (Lipinski definition) is 0. The lowest BCUT2D eigenvalue weighted by Crippen LogP contribution is -2.42. The van der Waals surface area contributed by atoms with Gasteiger partial charge in [-0.3, -0.25) is 9.69 Å². The molecule has 0 aromatic rings. The van der Waals surface area contributed by atoms with Gasteiger partial charge in [-0.15, -0.1) is 0 Å². The van der Waals surface area contributed by atoms with Gasteiger partial charge in [0.25, 0.3) is 0 Å². The summed E-state index contributed by atoms with van der Waals surface area (Å²) in [6.07, 6.45) is 3.53. The minimum atomic E-state index is 0.0855. The number of hydrogen-bond acceptors (Lipinski definition) is 4. The second kappa shape index (κ2) is 9.32. The highest BCUT2D eigenvalue weighted by Gasteiger charge is 2.17. The zero-order valence-corrected chi connectivity index (χ0v) is 12.1. The van der Waals surface area contributed by atoms with Crippen LogP contribution in [0.15, 0.2) is 0 Å². The van der Waals surface area contributed by atoms with Crippen molar-refractivity contribution in [1.82, 2.24) is 9.80 Å². The van der Waals surface area contributed by atoms with E-state index in [2.05, 4.69) is 24.1 Å². The van der Waals surface area contributed by atoms with E-state index in [1.807, 2.05) is 7.05 Å². The largest absolute Gasteiger partial charge is 0.344 e. The summed E-state index contributed by atoms with van der Waals surface area (Å²) in [5.74, 6) is 1.13. The van der Waals surface area contributed by atoms with Crippen LogP contribution in [0.25, 0.3) is 0 Å². The summed E-state index contributed by atoms with van der Waals surface area (Å²) < 4.78 is 0. The molecule has 4 nitrogen and oxygen atoms in total. The fourth-order valence-corrected chi connectivity index (χ4v) is 2.43. The molecule has 0 bridgehead atoms. The maximum absolute atomic E-state index is 11.9. The third-order valence-corrected chi connectivity index (χ3v) is 3.54. The van der Waals surface area contributed by atoms with Crippen molar-refractivity contribution in [2.75, 3.05) is 39.2 Å². The van der Waals surface area contributed by atoms with Gasteiger partial charge in [0.15, 0.2) is 0 Å². The second-order valence-corrected chi connectivity index (χ2v) is 5.07. The molecule has 0 heterocycles. The predicted molar refractivity (Wildman–Crippen MR) is 73.0 cm³/mol. The maximum atomic E-state index is 11.9. The fraction of sp³-hybridized carbons (Fsp3) is 0.833. The summed E-state index contributed by atoms with van der Waals surface area (Å²) in [4.78, 5) is 15.6. The molecule has 0 saturated carbocycles. The Labute approximate surface area is 109 Å². The number of carbonyl (C=O) groups is 1. The van der Waals surface area contributed by atoms with Crippen LogP contribution in [-0.4, -0.2) is 60.9 Å². The Kier molecular flexibility index (Phi) is 8.92. The Hall–Kier alpha value is -0.730. The molecule has 1 amide bonds. The van der Waals surface area contributed by atoms with Crippen molar-refractivity contribution >= 4 is 17.7 Å². The van der Waals surface area contributed by atoms with E-state index >= 15 is 0 Å². The first-order valence-electron chi connectivity index (χ1n) is 5.86. The van der Waals surface area contributed by atoms with Crippen LogP contribution in [0.2, 0.25) is 0 Å². The topological polar surface area (TPSA) is 47.3 Å². The Morgan fingerprint density at radius 1 is 1.47 bits per heavy atom. The first-order chi connectivity index (χ1) is 8.06.